The number of rotatable bonds is 2. The Morgan fingerprint density at radius 1 is 1.24 bits per heavy atom. The lowest BCUT2D eigenvalue weighted by Crippen LogP contribution is -2.46. The van der Waals surface area contributed by atoms with Gasteiger partial charge in [0.25, 0.3) is 5.91 Å². The number of amides is 1. The molecule has 0 N–H and O–H groups in total. The molecule has 0 radical (unpaired) electrons. The molecule has 5 heteroatoms. The number of morpholine rings is 1. The minimum absolute atomic E-state index is 0.0778. The van der Waals surface area contributed by atoms with Crippen molar-refractivity contribution < 1.29 is 9.53 Å². The minimum Gasteiger partial charge on any atom is -0.374 e. The smallest absolute Gasteiger partial charge is 0.254 e. The number of fused-ring (bicyclic) bond motifs is 1. The third-order valence-electron chi connectivity index (χ3n) is 3.65. The molecular formula is C16H15Br2NO2. The van der Waals surface area contributed by atoms with E-state index in [0.717, 1.165) is 26.1 Å². The maximum atomic E-state index is 12.6. The number of alkyl halides is 1. The topological polar surface area (TPSA) is 29.5 Å². The number of carbonyl (C=O) groups excluding carboxylic acids is 1. The molecule has 3 nitrogen and oxygen atoms in total. The Bertz CT molecular complexity index is 674. The van der Waals surface area contributed by atoms with Gasteiger partial charge in [0, 0.05) is 28.5 Å². The molecule has 0 bridgehead atoms. The van der Waals surface area contributed by atoms with E-state index in [0.29, 0.717) is 19.7 Å². The lowest BCUT2D eigenvalue weighted by Gasteiger charge is -2.32. The summed E-state index contributed by atoms with van der Waals surface area (Å²) in [7, 11) is 0. The maximum absolute atomic E-state index is 12.6. The summed E-state index contributed by atoms with van der Waals surface area (Å²) in [5.74, 6) is 0.0778. The fourth-order valence-electron chi connectivity index (χ4n) is 2.53. The van der Waals surface area contributed by atoms with Gasteiger partial charge in [-0.15, -0.1) is 0 Å². The summed E-state index contributed by atoms with van der Waals surface area (Å²) in [6, 6.07) is 11.9. The molecule has 21 heavy (non-hydrogen) atoms. The van der Waals surface area contributed by atoms with Gasteiger partial charge in [-0.2, -0.15) is 0 Å². The van der Waals surface area contributed by atoms with Gasteiger partial charge in [-0.3, -0.25) is 4.79 Å². The van der Waals surface area contributed by atoms with Crippen LogP contribution in [0, 0.1) is 0 Å². The number of hydrogen-bond donors (Lipinski definition) is 0. The van der Waals surface area contributed by atoms with E-state index in [-0.39, 0.29) is 12.0 Å². The summed E-state index contributed by atoms with van der Waals surface area (Å²) in [4.78, 5) is 14.5. The first kappa shape index (κ1) is 15.0. The SMILES string of the molecule is O=C(c1ccc2cc(Br)ccc2c1)N1CCOC(CBr)C1. The number of halogens is 2. The Morgan fingerprint density at radius 2 is 2.00 bits per heavy atom. The summed E-state index contributed by atoms with van der Waals surface area (Å²) >= 11 is 6.88. The van der Waals surface area contributed by atoms with Crippen molar-refractivity contribution in [1.82, 2.24) is 4.90 Å². The summed E-state index contributed by atoms with van der Waals surface area (Å²) in [6.07, 6.45) is 0.0825. The highest BCUT2D eigenvalue weighted by molar-refractivity contribution is 9.10. The monoisotopic (exact) mass is 411 g/mol. The number of benzene rings is 2. The third kappa shape index (κ3) is 3.30. The van der Waals surface area contributed by atoms with Gasteiger partial charge in [0.1, 0.15) is 0 Å². The quantitative estimate of drug-likeness (QED) is 0.701. The van der Waals surface area contributed by atoms with Crippen LogP contribution >= 0.6 is 31.9 Å². The Balaban J connectivity index is 1.85. The zero-order valence-electron chi connectivity index (χ0n) is 11.4. The van der Waals surface area contributed by atoms with Crippen LogP contribution in [0.3, 0.4) is 0 Å². The van der Waals surface area contributed by atoms with Crippen LogP contribution < -0.4 is 0 Å². The van der Waals surface area contributed by atoms with E-state index >= 15 is 0 Å². The van der Waals surface area contributed by atoms with Crippen LogP contribution in [0.2, 0.25) is 0 Å². The zero-order valence-corrected chi connectivity index (χ0v) is 14.6. The van der Waals surface area contributed by atoms with Gasteiger partial charge in [0.15, 0.2) is 0 Å². The largest absolute Gasteiger partial charge is 0.374 e. The van der Waals surface area contributed by atoms with Gasteiger partial charge < -0.3 is 9.64 Å². The van der Waals surface area contributed by atoms with Crippen LogP contribution in [0.5, 0.6) is 0 Å². The lowest BCUT2D eigenvalue weighted by molar-refractivity contribution is -0.00964. The minimum atomic E-state index is 0.0778. The van der Waals surface area contributed by atoms with Gasteiger partial charge >= 0.3 is 0 Å². The standard InChI is InChI=1S/C16H15Br2NO2/c17-9-15-10-19(5-6-21-15)16(20)13-2-1-12-8-14(18)4-3-11(12)7-13/h1-4,7-8,15H,5-6,9-10H2. The fraction of sp³-hybridized carbons (Fsp3) is 0.312. The Kier molecular flexibility index (Phi) is 4.62. The van der Waals surface area contributed by atoms with Crippen LogP contribution in [0.1, 0.15) is 10.4 Å². The van der Waals surface area contributed by atoms with Crippen molar-refractivity contribution in [2.75, 3.05) is 25.0 Å². The second kappa shape index (κ2) is 6.46. The maximum Gasteiger partial charge on any atom is 0.254 e. The molecule has 0 aromatic heterocycles. The number of ether oxygens (including phenoxy) is 1. The summed E-state index contributed by atoms with van der Waals surface area (Å²) < 4.78 is 6.62. The fourth-order valence-corrected chi connectivity index (χ4v) is 3.30. The molecule has 3 rings (SSSR count). The summed E-state index contributed by atoms with van der Waals surface area (Å²) in [5, 5.41) is 2.96. The van der Waals surface area contributed by atoms with Crippen molar-refractivity contribution >= 4 is 48.5 Å². The predicted octanol–water partition coefficient (Wildman–Crippen LogP) is 3.84. The molecule has 1 aliphatic rings. The van der Waals surface area contributed by atoms with Crippen LogP contribution in [-0.4, -0.2) is 41.9 Å². The third-order valence-corrected chi connectivity index (χ3v) is 4.86. The molecule has 1 unspecified atom stereocenters. The first-order chi connectivity index (χ1) is 10.2. The average molecular weight is 413 g/mol. The van der Waals surface area contributed by atoms with Gasteiger partial charge in [0.05, 0.1) is 12.7 Å². The molecular weight excluding hydrogens is 398 g/mol. The highest BCUT2D eigenvalue weighted by atomic mass is 79.9. The highest BCUT2D eigenvalue weighted by Crippen LogP contribution is 2.22. The molecule has 1 aliphatic heterocycles. The highest BCUT2D eigenvalue weighted by Gasteiger charge is 2.24. The lowest BCUT2D eigenvalue weighted by atomic mass is 10.1. The van der Waals surface area contributed by atoms with Crippen LogP contribution in [0.25, 0.3) is 10.8 Å². The number of hydrogen-bond acceptors (Lipinski definition) is 2. The molecule has 1 amide bonds. The number of nitrogens with zero attached hydrogens (tertiary/aromatic N) is 1. The van der Waals surface area contributed by atoms with Crippen LogP contribution in [0.15, 0.2) is 40.9 Å². The van der Waals surface area contributed by atoms with Gasteiger partial charge in [-0.25, -0.2) is 0 Å². The molecule has 1 atom stereocenters. The molecule has 110 valence electrons. The van der Waals surface area contributed by atoms with Gasteiger partial charge in [-0.05, 0) is 35.0 Å². The van der Waals surface area contributed by atoms with Gasteiger partial charge in [0.2, 0.25) is 0 Å². The molecule has 2 aromatic rings. The second-order valence-corrected chi connectivity index (χ2v) is 6.67. The van der Waals surface area contributed by atoms with Crippen molar-refractivity contribution in [2.24, 2.45) is 0 Å². The van der Waals surface area contributed by atoms with Gasteiger partial charge in [-0.1, -0.05) is 44.0 Å². The van der Waals surface area contributed by atoms with E-state index in [9.17, 15) is 4.79 Å². The first-order valence-electron chi connectivity index (χ1n) is 6.83. The van der Waals surface area contributed by atoms with E-state index in [2.05, 4.69) is 37.9 Å². The zero-order chi connectivity index (χ0) is 14.8. The summed E-state index contributed by atoms with van der Waals surface area (Å²) in [5.41, 5.74) is 0.736. The molecule has 2 aromatic carbocycles. The van der Waals surface area contributed by atoms with Crippen molar-refractivity contribution in [3.63, 3.8) is 0 Å². The molecule has 1 fully saturated rings. The molecule has 0 aliphatic carbocycles. The van der Waals surface area contributed by atoms with E-state index < -0.39 is 0 Å². The average Bonchev–Trinajstić information content (AvgIpc) is 2.53. The first-order valence-corrected chi connectivity index (χ1v) is 8.75. The van der Waals surface area contributed by atoms with E-state index in [1.54, 1.807) is 0 Å². The van der Waals surface area contributed by atoms with Crippen LogP contribution in [-0.2, 0) is 4.74 Å². The Hall–Kier alpha value is -0.910. The molecule has 1 saturated heterocycles. The Labute approximate surface area is 140 Å². The number of carbonyl (C=O) groups is 1. The van der Waals surface area contributed by atoms with E-state index in [1.165, 1.54) is 0 Å². The van der Waals surface area contributed by atoms with Crippen molar-refractivity contribution in [1.29, 1.82) is 0 Å². The molecule has 0 saturated carbocycles. The van der Waals surface area contributed by atoms with Crippen molar-refractivity contribution in [2.45, 2.75) is 6.10 Å². The Morgan fingerprint density at radius 3 is 2.81 bits per heavy atom. The van der Waals surface area contributed by atoms with Crippen molar-refractivity contribution in [3.8, 4) is 0 Å². The second-order valence-electron chi connectivity index (χ2n) is 5.10. The van der Waals surface area contributed by atoms with Crippen molar-refractivity contribution in [3.05, 3.63) is 46.4 Å². The summed E-state index contributed by atoms with van der Waals surface area (Å²) in [6.45, 7) is 1.89. The van der Waals surface area contributed by atoms with Crippen LogP contribution in [0.4, 0.5) is 0 Å². The molecule has 0 spiro atoms. The molecule has 1 heterocycles. The predicted molar refractivity (Wildman–Crippen MR) is 91.1 cm³/mol. The van der Waals surface area contributed by atoms with E-state index in [4.69, 9.17) is 4.74 Å². The van der Waals surface area contributed by atoms with E-state index in [1.807, 2.05) is 35.2 Å². The normalized spacial score (nSPS) is 19.0.